The summed E-state index contributed by atoms with van der Waals surface area (Å²) in [6.07, 6.45) is 2.20. The van der Waals surface area contributed by atoms with Crippen LogP contribution >= 0.6 is 15.9 Å². The molecule has 0 radical (unpaired) electrons. The molecule has 0 aromatic heterocycles. The summed E-state index contributed by atoms with van der Waals surface area (Å²) in [4.78, 5) is 0. The van der Waals surface area contributed by atoms with Crippen LogP contribution in [0.4, 0.5) is 0 Å². The summed E-state index contributed by atoms with van der Waals surface area (Å²) in [5.41, 5.74) is 0.529. The molecule has 0 fully saturated rings. The van der Waals surface area contributed by atoms with Crippen LogP contribution in [0.5, 0.6) is 5.75 Å². The molecule has 0 aliphatic heterocycles. The third-order valence-electron chi connectivity index (χ3n) is 2.21. The van der Waals surface area contributed by atoms with Crippen LogP contribution < -0.4 is 4.74 Å². The number of ether oxygens (including phenoxy) is 2. The predicted octanol–water partition coefficient (Wildman–Crippen LogP) is 3.52. The van der Waals surface area contributed by atoms with Gasteiger partial charge in [0, 0.05) is 11.1 Å². The van der Waals surface area contributed by atoms with Crippen molar-refractivity contribution in [2.75, 3.05) is 19.8 Å². The zero-order valence-corrected chi connectivity index (χ0v) is 11.5. The van der Waals surface area contributed by atoms with Crippen molar-refractivity contribution < 1.29 is 9.47 Å². The van der Waals surface area contributed by atoms with Gasteiger partial charge in [0.1, 0.15) is 24.0 Å². The monoisotopic (exact) mass is 297 g/mol. The first-order valence-corrected chi connectivity index (χ1v) is 6.48. The van der Waals surface area contributed by atoms with Gasteiger partial charge in [0.05, 0.1) is 6.61 Å². The van der Waals surface area contributed by atoms with Gasteiger partial charge in [-0.05, 0) is 34.5 Å². The van der Waals surface area contributed by atoms with Crippen LogP contribution in [0.3, 0.4) is 0 Å². The Kier molecular flexibility index (Phi) is 6.68. The highest BCUT2D eigenvalue weighted by molar-refractivity contribution is 9.10. The van der Waals surface area contributed by atoms with E-state index in [1.54, 1.807) is 6.07 Å². The Morgan fingerprint density at radius 3 is 2.82 bits per heavy atom. The molecule has 17 heavy (non-hydrogen) atoms. The van der Waals surface area contributed by atoms with E-state index in [1.807, 2.05) is 12.1 Å². The van der Waals surface area contributed by atoms with E-state index in [9.17, 15) is 0 Å². The predicted molar refractivity (Wildman–Crippen MR) is 70.1 cm³/mol. The number of rotatable bonds is 7. The van der Waals surface area contributed by atoms with Gasteiger partial charge in [-0.15, -0.1) is 0 Å². The lowest BCUT2D eigenvalue weighted by Gasteiger charge is -2.09. The quantitative estimate of drug-likeness (QED) is 0.723. The molecule has 1 aromatic carbocycles. The number of hydrogen-bond donors (Lipinski definition) is 0. The molecule has 0 aliphatic rings. The Labute approximate surface area is 110 Å². The van der Waals surface area contributed by atoms with Gasteiger partial charge in [-0.2, -0.15) is 5.26 Å². The third-order valence-corrected chi connectivity index (χ3v) is 2.88. The lowest BCUT2D eigenvalue weighted by molar-refractivity contribution is 0.0979. The Hall–Kier alpha value is -1.05. The minimum absolute atomic E-state index is 0.467. The van der Waals surface area contributed by atoms with Crippen molar-refractivity contribution in [1.82, 2.24) is 0 Å². The number of benzene rings is 1. The minimum Gasteiger partial charge on any atom is -0.490 e. The second kappa shape index (κ2) is 8.10. The second-order valence-corrected chi connectivity index (χ2v) is 4.39. The van der Waals surface area contributed by atoms with Crippen molar-refractivity contribution in [1.29, 1.82) is 5.26 Å². The van der Waals surface area contributed by atoms with Gasteiger partial charge in [-0.25, -0.2) is 0 Å². The fourth-order valence-corrected chi connectivity index (χ4v) is 1.73. The van der Waals surface area contributed by atoms with Crippen molar-refractivity contribution >= 4 is 15.9 Å². The summed E-state index contributed by atoms with van der Waals surface area (Å²) in [5.74, 6) is 0.598. The second-order valence-electron chi connectivity index (χ2n) is 3.54. The van der Waals surface area contributed by atoms with E-state index in [4.69, 9.17) is 14.7 Å². The molecule has 0 saturated carbocycles. The van der Waals surface area contributed by atoms with Crippen molar-refractivity contribution in [3.05, 3.63) is 28.2 Å². The molecule has 0 saturated heterocycles. The smallest absolute Gasteiger partial charge is 0.138 e. The molecular formula is C13H16BrNO2. The molecule has 0 unspecified atom stereocenters. The standard InChI is InChI=1S/C13H16BrNO2/c1-2-3-7-16-8-9-17-13-6-4-5-12(14)11(13)10-15/h4-6H,2-3,7-9H2,1H3. The summed E-state index contributed by atoms with van der Waals surface area (Å²) in [6, 6.07) is 7.57. The topological polar surface area (TPSA) is 42.2 Å². The first kappa shape index (κ1) is 14.0. The molecular weight excluding hydrogens is 282 g/mol. The summed E-state index contributed by atoms with van der Waals surface area (Å²) in [6.45, 7) is 3.91. The maximum absolute atomic E-state index is 8.98. The van der Waals surface area contributed by atoms with Gasteiger partial charge in [0.15, 0.2) is 0 Å². The summed E-state index contributed by atoms with van der Waals surface area (Å²) in [5, 5.41) is 8.98. The van der Waals surface area contributed by atoms with Crippen LogP contribution in [-0.2, 0) is 4.74 Å². The van der Waals surface area contributed by atoms with Gasteiger partial charge in [0.25, 0.3) is 0 Å². The van der Waals surface area contributed by atoms with Crippen LogP contribution in [-0.4, -0.2) is 19.8 Å². The highest BCUT2D eigenvalue weighted by Gasteiger charge is 2.06. The Balaban J connectivity index is 2.37. The SMILES string of the molecule is CCCCOCCOc1cccc(Br)c1C#N. The van der Waals surface area contributed by atoms with E-state index in [0.717, 1.165) is 23.9 Å². The average molecular weight is 298 g/mol. The zero-order valence-electron chi connectivity index (χ0n) is 9.91. The molecule has 4 heteroatoms. The van der Waals surface area contributed by atoms with Crippen LogP contribution in [0.1, 0.15) is 25.3 Å². The fraction of sp³-hybridized carbons (Fsp3) is 0.462. The number of nitriles is 1. The lowest BCUT2D eigenvalue weighted by atomic mass is 10.2. The molecule has 0 heterocycles. The maximum Gasteiger partial charge on any atom is 0.138 e. The highest BCUT2D eigenvalue weighted by Crippen LogP contribution is 2.25. The number of halogens is 1. The third kappa shape index (κ3) is 4.76. The fourth-order valence-electron chi connectivity index (χ4n) is 1.29. The maximum atomic E-state index is 8.98. The number of nitrogens with zero attached hydrogens (tertiary/aromatic N) is 1. The Morgan fingerprint density at radius 1 is 1.29 bits per heavy atom. The minimum atomic E-state index is 0.467. The van der Waals surface area contributed by atoms with Gasteiger partial charge in [-0.1, -0.05) is 19.4 Å². The molecule has 0 spiro atoms. The summed E-state index contributed by atoms with van der Waals surface area (Å²) in [7, 11) is 0. The molecule has 0 atom stereocenters. The van der Waals surface area contributed by atoms with E-state index in [1.165, 1.54) is 0 Å². The number of unbranched alkanes of at least 4 members (excludes halogenated alkanes) is 1. The first-order chi connectivity index (χ1) is 8.29. The molecule has 0 N–H and O–H groups in total. The molecule has 0 bridgehead atoms. The van der Waals surface area contributed by atoms with E-state index in [2.05, 4.69) is 28.9 Å². The van der Waals surface area contributed by atoms with Crippen molar-refractivity contribution in [2.24, 2.45) is 0 Å². The summed E-state index contributed by atoms with van der Waals surface area (Å²) >= 11 is 3.32. The van der Waals surface area contributed by atoms with E-state index in [-0.39, 0.29) is 0 Å². The van der Waals surface area contributed by atoms with Crippen LogP contribution in [0, 0.1) is 11.3 Å². The zero-order chi connectivity index (χ0) is 12.5. The van der Waals surface area contributed by atoms with Crippen molar-refractivity contribution in [3.8, 4) is 11.8 Å². The van der Waals surface area contributed by atoms with E-state index < -0.39 is 0 Å². The molecule has 1 rings (SSSR count). The normalized spacial score (nSPS) is 9.94. The van der Waals surface area contributed by atoms with Gasteiger partial charge in [0.2, 0.25) is 0 Å². The molecule has 0 amide bonds. The Bertz CT molecular complexity index is 387. The lowest BCUT2D eigenvalue weighted by Crippen LogP contribution is -2.08. The van der Waals surface area contributed by atoms with Crippen molar-refractivity contribution in [2.45, 2.75) is 19.8 Å². The summed E-state index contributed by atoms with van der Waals surface area (Å²) < 4.78 is 11.6. The molecule has 92 valence electrons. The van der Waals surface area contributed by atoms with Crippen LogP contribution in [0.25, 0.3) is 0 Å². The number of hydrogen-bond acceptors (Lipinski definition) is 3. The molecule has 1 aromatic rings. The van der Waals surface area contributed by atoms with Gasteiger partial charge >= 0.3 is 0 Å². The first-order valence-electron chi connectivity index (χ1n) is 5.68. The largest absolute Gasteiger partial charge is 0.490 e. The molecule has 3 nitrogen and oxygen atoms in total. The van der Waals surface area contributed by atoms with Crippen LogP contribution in [0.2, 0.25) is 0 Å². The highest BCUT2D eigenvalue weighted by atomic mass is 79.9. The van der Waals surface area contributed by atoms with Gasteiger partial charge < -0.3 is 9.47 Å². The van der Waals surface area contributed by atoms with E-state index >= 15 is 0 Å². The van der Waals surface area contributed by atoms with Crippen LogP contribution in [0.15, 0.2) is 22.7 Å². The van der Waals surface area contributed by atoms with Gasteiger partial charge in [-0.3, -0.25) is 0 Å². The molecule has 0 aliphatic carbocycles. The average Bonchev–Trinajstić information content (AvgIpc) is 2.34. The van der Waals surface area contributed by atoms with E-state index in [0.29, 0.717) is 24.5 Å². The van der Waals surface area contributed by atoms with Crippen molar-refractivity contribution in [3.63, 3.8) is 0 Å². The Morgan fingerprint density at radius 2 is 2.12 bits per heavy atom.